The lowest BCUT2D eigenvalue weighted by Gasteiger charge is -2.19. The third-order valence-electron chi connectivity index (χ3n) is 3.45. The number of nitrogens with one attached hydrogen (secondary N) is 1. The van der Waals surface area contributed by atoms with Crippen molar-refractivity contribution in [2.45, 2.75) is 33.1 Å². The summed E-state index contributed by atoms with van der Waals surface area (Å²) in [6.45, 7) is 8.45. The van der Waals surface area contributed by atoms with Gasteiger partial charge in [-0.3, -0.25) is 4.79 Å². The monoisotopic (exact) mass is 345 g/mol. The second-order valence-electron chi connectivity index (χ2n) is 6.24. The zero-order chi connectivity index (χ0) is 15.6. The smallest absolute Gasteiger partial charge is 0.255 e. The van der Waals surface area contributed by atoms with Crippen molar-refractivity contribution < 1.29 is 4.79 Å². The van der Waals surface area contributed by atoms with E-state index in [1.807, 2.05) is 37.3 Å². The number of hydrogen-bond donors (Lipinski definition) is 1. The number of aryl methyl sites for hydroxylation is 1. The number of benzene rings is 2. The molecule has 2 aromatic rings. The predicted octanol–water partition coefficient (Wildman–Crippen LogP) is 5.31. The summed E-state index contributed by atoms with van der Waals surface area (Å²) in [6.07, 6.45) is 0. The lowest BCUT2D eigenvalue weighted by Crippen LogP contribution is -2.14. The molecule has 0 bridgehead atoms. The second-order valence-corrected chi connectivity index (χ2v) is 7.16. The lowest BCUT2D eigenvalue weighted by molar-refractivity contribution is 0.102. The highest BCUT2D eigenvalue weighted by molar-refractivity contribution is 9.10. The van der Waals surface area contributed by atoms with Crippen molar-refractivity contribution >= 4 is 27.5 Å². The molecule has 0 aromatic heterocycles. The van der Waals surface area contributed by atoms with Gasteiger partial charge in [0.05, 0.1) is 0 Å². The van der Waals surface area contributed by atoms with Crippen molar-refractivity contribution in [2.24, 2.45) is 0 Å². The van der Waals surface area contributed by atoms with E-state index in [9.17, 15) is 4.79 Å². The maximum absolute atomic E-state index is 12.3. The van der Waals surface area contributed by atoms with Gasteiger partial charge in [-0.2, -0.15) is 0 Å². The van der Waals surface area contributed by atoms with Crippen molar-refractivity contribution in [1.29, 1.82) is 0 Å². The molecule has 0 aliphatic heterocycles. The Balaban J connectivity index is 2.18. The van der Waals surface area contributed by atoms with Crippen molar-refractivity contribution in [1.82, 2.24) is 0 Å². The molecule has 21 heavy (non-hydrogen) atoms. The molecule has 0 aliphatic rings. The molecule has 0 saturated heterocycles. The molecule has 2 rings (SSSR count). The van der Waals surface area contributed by atoms with Crippen LogP contribution in [0, 0.1) is 6.92 Å². The average molecular weight is 346 g/mol. The van der Waals surface area contributed by atoms with Gasteiger partial charge in [0.25, 0.3) is 5.91 Å². The predicted molar refractivity (Wildman–Crippen MR) is 92.0 cm³/mol. The van der Waals surface area contributed by atoms with Crippen LogP contribution in [-0.4, -0.2) is 5.91 Å². The van der Waals surface area contributed by atoms with Crippen LogP contribution >= 0.6 is 15.9 Å². The van der Waals surface area contributed by atoms with Crippen LogP contribution in [0.4, 0.5) is 5.69 Å². The van der Waals surface area contributed by atoms with Crippen LogP contribution in [0.5, 0.6) is 0 Å². The summed E-state index contributed by atoms with van der Waals surface area (Å²) in [5.41, 5.74) is 3.82. The fourth-order valence-corrected chi connectivity index (χ4v) is 2.45. The molecule has 0 saturated carbocycles. The zero-order valence-electron chi connectivity index (χ0n) is 12.8. The lowest BCUT2D eigenvalue weighted by atomic mass is 9.87. The summed E-state index contributed by atoms with van der Waals surface area (Å²) < 4.78 is 0.904. The van der Waals surface area contributed by atoms with Crippen molar-refractivity contribution in [3.8, 4) is 0 Å². The first-order valence-corrected chi connectivity index (χ1v) is 7.75. The molecule has 1 amide bonds. The standard InChI is InChI=1S/C18H20BrNO/c1-12-5-8-14(19)11-16(12)17(21)20-15-9-6-13(7-10-15)18(2,3)4/h5-11H,1-4H3,(H,20,21). The summed E-state index contributed by atoms with van der Waals surface area (Å²) in [4.78, 5) is 12.3. The fraction of sp³-hybridized carbons (Fsp3) is 0.278. The Morgan fingerprint density at radius 2 is 1.67 bits per heavy atom. The number of hydrogen-bond acceptors (Lipinski definition) is 1. The third kappa shape index (κ3) is 3.94. The largest absolute Gasteiger partial charge is 0.322 e. The van der Waals surface area contributed by atoms with Crippen LogP contribution in [-0.2, 0) is 5.41 Å². The Morgan fingerprint density at radius 3 is 2.24 bits per heavy atom. The van der Waals surface area contributed by atoms with Crippen LogP contribution in [0.15, 0.2) is 46.9 Å². The van der Waals surface area contributed by atoms with Gasteiger partial charge in [-0.15, -0.1) is 0 Å². The molecule has 2 aromatic carbocycles. The summed E-state index contributed by atoms with van der Waals surface area (Å²) >= 11 is 3.40. The molecular formula is C18H20BrNO. The van der Waals surface area contributed by atoms with E-state index in [4.69, 9.17) is 0 Å². The SMILES string of the molecule is Cc1ccc(Br)cc1C(=O)Nc1ccc(C(C)(C)C)cc1. The van der Waals surface area contributed by atoms with Crippen molar-refractivity contribution in [3.63, 3.8) is 0 Å². The van der Waals surface area contributed by atoms with Crippen molar-refractivity contribution in [3.05, 3.63) is 63.6 Å². The van der Waals surface area contributed by atoms with E-state index in [2.05, 4.69) is 54.2 Å². The van der Waals surface area contributed by atoms with E-state index >= 15 is 0 Å². The van der Waals surface area contributed by atoms with Crippen LogP contribution in [0.25, 0.3) is 0 Å². The molecule has 0 aliphatic carbocycles. The van der Waals surface area contributed by atoms with Crippen LogP contribution in [0.2, 0.25) is 0 Å². The van der Waals surface area contributed by atoms with E-state index in [1.54, 1.807) is 0 Å². The van der Waals surface area contributed by atoms with Crippen molar-refractivity contribution in [2.75, 3.05) is 5.32 Å². The first-order chi connectivity index (χ1) is 9.77. The average Bonchev–Trinajstić information content (AvgIpc) is 2.41. The van der Waals surface area contributed by atoms with Gasteiger partial charge >= 0.3 is 0 Å². The molecule has 0 spiro atoms. The Labute approximate surface area is 134 Å². The highest BCUT2D eigenvalue weighted by Crippen LogP contribution is 2.24. The van der Waals surface area contributed by atoms with Gasteiger partial charge in [-0.05, 0) is 47.7 Å². The molecule has 0 fully saturated rings. The normalized spacial score (nSPS) is 11.3. The topological polar surface area (TPSA) is 29.1 Å². The number of halogens is 1. The van der Waals surface area contributed by atoms with Gasteiger partial charge in [0.15, 0.2) is 0 Å². The summed E-state index contributed by atoms with van der Waals surface area (Å²) in [6, 6.07) is 13.7. The number of carbonyl (C=O) groups excluding carboxylic acids is 1. The molecule has 0 heterocycles. The highest BCUT2D eigenvalue weighted by Gasteiger charge is 2.14. The van der Waals surface area contributed by atoms with E-state index < -0.39 is 0 Å². The Bertz CT molecular complexity index is 654. The molecule has 0 atom stereocenters. The Kier molecular flexibility index (Phi) is 4.52. The highest BCUT2D eigenvalue weighted by atomic mass is 79.9. The van der Waals surface area contributed by atoms with Crippen LogP contribution < -0.4 is 5.32 Å². The summed E-state index contributed by atoms with van der Waals surface area (Å²) in [7, 11) is 0. The van der Waals surface area contributed by atoms with Gasteiger partial charge in [0, 0.05) is 15.7 Å². The first-order valence-electron chi connectivity index (χ1n) is 6.95. The molecule has 110 valence electrons. The third-order valence-corrected chi connectivity index (χ3v) is 3.95. The Morgan fingerprint density at radius 1 is 1.05 bits per heavy atom. The maximum Gasteiger partial charge on any atom is 0.255 e. The quantitative estimate of drug-likeness (QED) is 0.785. The number of rotatable bonds is 2. The molecule has 1 N–H and O–H groups in total. The maximum atomic E-state index is 12.3. The molecule has 3 heteroatoms. The van der Waals surface area contributed by atoms with E-state index in [1.165, 1.54) is 5.56 Å². The molecule has 0 unspecified atom stereocenters. The fourth-order valence-electron chi connectivity index (χ4n) is 2.09. The number of amides is 1. The molecule has 2 nitrogen and oxygen atoms in total. The Hall–Kier alpha value is -1.61. The zero-order valence-corrected chi connectivity index (χ0v) is 14.4. The van der Waals surface area contributed by atoms with Gasteiger partial charge in [0.1, 0.15) is 0 Å². The first kappa shape index (κ1) is 15.8. The summed E-state index contributed by atoms with van der Waals surface area (Å²) in [5.74, 6) is -0.0858. The van der Waals surface area contributed by atoms with Gasteiger partial charge in [-0.25, -0.2) is 0 Å². The molecule has 0 radical (unpaired) electrons. The van der Waals surface area contributed by atoms with Crippen LogP contribution in [0.1, 0.15) is 42.3 Å². The minimum Gasteiger partial charge on any atom is -0.322 e. The van der Waals surface area contributed by atoms with E-state index in [-0.39, 0.29) is 11.3 Å². The number of anilines is 1. The number of carbonyl (C=O) groups is 1. The van der Waals surface area contributed by atoms with Gasteiger partial charge in [0.2, 0.25) is 0 Å². The van der Waals surface area contributed by atoms with Gasteiger partial charge < -0.3 is 5.32 Å². The minimum absolute atomic E-state index is 0.0858. The van der Waals surface area contributed by atoms with Gasteiger partial charge in [-0.1, -0.05) is 54.9 Å². The minimum atomic E-state index is -0.0858. The molecular weight excluding hydrogens is 326 g/mol. The van der Waals surface area contributed by atoms with E-state index in [0.29, 0.717) is 5.56 Å². The van der Waals surface area contributed by atoms with E-state index in [0.717, 1.165) is 15.7 Å². The van der Waals surface area contributed by atoms with Crippen LogP contribution in [0.3, 0.4) is 0 Å². The second kappa shape index (κ2) is 6.02. The summed E-state index contributed by atoms with van der Waals surface area (Å²) in [5, 5.41) is 2.95.